The van der Waals surface area contributed by atoms with Gasteiger partial charge in [0.1, 0.15) is 42.6 Å². The lowest BCUT2D eigenvalue weighted by atomic mass is 9.87. The molecule has 81 heavy (non-hydrogen) atoms. The summed E-state index contributed by atoms with van der Waals surface area (Å²) in [4.78, 5) is 115. The highest BCUT2D eigenvalue weighted by molar-refractivity contribution is 9.09. The number of halogens is 1. The van der Waals surface area contributed by atoms with Crippen molar-refractivity contribution in [1.29, 1.82) is 0 Å². The van der Waals surface area contributed by atoms with Gasteiger partial charge in [-0.1, -0.05) is 79.1 Å². The van der Waals surface area contributed by atoms with Crippen molar-refractivity contribution in [3.05, 3.63) is 65.8 Å². The van der Waals surface area contributed by atoms with Gasteiger partial charge in [0.05, 0.1) is 42.7 Å². The average molecular weight is 1200 g/mol. The lowest BCUT2D eigenvalue weighted by Gasteiger charge is -2.39. The number of amides is 9. The van der Waals surface area contributed by atoms with Gasteiger partial charge in [0.25, 0.3) is 5.91 Å². The summed E-state index contributed by atoms with van der Waals surface area (Å²) in [6.45, 7) is 13.0. The summed E-state index contributed by atoms with van der Waals surface area (Å²) in [7, 11) is 1.36. The van der Waals surface area contributed by atoms with Gasteiger partial charge >= 0.3 is 18.1 Å². The standard InChI is InChI=1S/C56H84BrN9O15/c1-33(2)50(63-46(68)14-10-9-11-25-60-48(70)30-57)53(74)66(43(52(58)73)13-12-26-61-54(59)75)40-20-18-39(19-21-40)31-77-55(76)64-65(8)49(71)28-41-29-56(32-78-56)51(72)45(81-41)23-16-34(3)15-22-44-35(4)27-42(37(6)80-44)62-47(69)24-17-36(5)79-38(7)67/h15-21,23-24,33,35-37,41-45,50-51,72H,9-14,22,25-32H2,1-8H3,(H2,58,73)(H,60,70)(H,62,69)(H,63,68)(H,64,76)(H3,59,61,75)/b23-16+,24-17-,34-15+/t35-,36-,37+,41+,42+,43-,44-,45+,50-,51+,56+/m0/s1. The molecule has 1 aromatic rings. The summed E-state index contributed by atoms with van der Waals surface area (Å²) >= 11 is 3.10. The lowest BCUT2D eigenvalue weighted by molar-refractivity contribution is -0.152. The molecule has 9 amide bonds. The SMILES string of the molecule is CC(=O)O[C@@H](C)/C=C\C(=O)N[C@@H]1C[C@H](C)[C@H](C/C=C(C)/C=C/[C@H]2O[C@H](CC(=O)N(C)NC(=O)OCc3ccc(N(C(=O)[C@@H](NC(=O)CCCCCNC(=O)CBr)C(C)C)[C@@H](CCCNC(N)=O)C(N)=O)cc3)C[C@@]3(CO3)[C@@H]2O)O[C@@H]1C. The minimum absolute atomic E-state index is 0.0362. The van der Waals surface area contributed by atoms with Crippen LogP contribution < -0.4 is 43.1 Å². The monoisotopic (exact) mass is 1200 g/mol. The zero-order valence-electron chi connectivity index (χ0n) is 47.7. The summed E-state index contributed by atoms with van der Waals surface area (Å²) in [6, 6.07) is 3.00. The smallest absolute Gasteiger partial charge is 0.426 e. The topological polar surface area (TPSA) is 342 Å². The molecule has 3 fully saturated rings. The van der Waals surface area contributed by atoms with Crippen LogP contribution in [0.15, 0.2) is 60.2 Å². The van der Waals surface area contributed by atoms with Gasteiger partial charge in [0.2, 0.25) is 29.5 Å². The number of nitrogens with two attached hydrogens (primary N) is 2. The molecule has 0 aromatic heterocycles. The summed E-state index contributed by atoms with van der Waals surface area (Å²) in [5, 5.41) is 23.4. The first-order valence-corrected chi connectivity index (χ1v) is 28.6. The molecule has 24 nitrogen and oxygen atoms in total. The molecule has 0 unspecified atom stereocenters. The van der Waals surface area contributed by atoms with Gasteiger partial charge in [0, 0.05) is 51.7 Å². The Morgan fingerprint density at radius 3 is 2.25 bits per heavy atom. The number of urea groups is 1. The number of anilines is 1. The van der Waals surface area contributed by atoms with E-state index < -0.39 is 83.8 Å². The van der Waals surface area contributed by atoms with Crippen molar-refractivity contribution in [1.82, 2.24) is 31.7 Å². The Morgan fingerprint density at radius 1 is 0.926 bits per heavy atom. The summed E-state index contributed by atoms with van der Waals surface area (Å²) in [6.07, 6.45) is 7.80. The molecule has 3 saturated heterocycles. The number of alkyl halides is 1. The predicted molar refractivity (Wildman–Crippen MR) is 302 cm³/mol. The van der Waals surface area contributed by atoms with Crippen molar-refractivity contribution in [3.8, 4) is 0 Å². The molecule has 0 radical (unpaired) electrons. The Morgan fingerprint density at radius 2 is 1.62 bits per heavy atom. The maximum atomic E-state index is 14.5. The summed E-state index contributed by atoms with van der Waals surface area (Å²) < 4.78 is 28.7. The van der Waals surface area contributed by atoms with E-state index in [-0.39, 0.29) is 98.2 Å². The number of rotatable bonds is 29. The van der Waals surface area contributed by atoms with Crippen LogP contribution in [0.4, 0.5) is 15.3 Å². The second-order valence-electron chi connectivity index (χ2n) is 21.3. The molecule has 11 atom stereocenters. The van der Waals surface area contributed by atoms with Crippen LogP contribution in [0.1, 0.15) is 118 Å². The van der Waals surface area contributed by atoms with Gasteiger partial charge in [-0.2, -0.15) is 0 Å². The number of allylic oxidation sites excluding steroid dienone is 2. The van der Waals surface area contributed by atoms with E-state index >= 15 is 0 Å². The van der Waals surface area contributed by atoms with Gasteiger partial charge in [-0.05, 0) is 94.9 Å². The van der Waals surface area contributed by atoms with Crippen LogP contribution >= 0.6 is 15.9 Å². The molecule has 0 saturated carbocycles. The molecule has 1 spiro atoms. The van der Waals surface area contributed by atoms with Crippen molar-refractivity contribution < 1.29 is 71.9 Å². The number of epoxide rings is 1. The number of aliphatic hydroxyl groups is 1. The van der Waals surface area contributed by atoms with E-state index in [2.05, 4.69) is 49.5 Å². The number of carbonyl (C=O) groups excluding carboxylic acids is 9. The number of benzene rings is 1. The van der Waals surface area contributed by atoms with Crippen molar-refractivity contribution in [2.75, 3.05) is 37.0 Å². The van der Waals surface area contributed by atoms with Crippen molar-refractivity contribution in [2.24, 2.45) is 23.3 Å². The van der Waals surface area contributed by atoms with Gasteiger partial charge in [-0.25, -0.2) is 15.0 Å². The second kappa shape index (κ2) is 32.9. The first-order chi connectivity index (χ1) is 38.3. The number of nitrogens with zero attached hydrogens (tertiary/aromatic N) is 2. The van der Waals surface area contributed by atoms with Crippen molar-refractivity contribution in [3.63, 3.8) is 0 Å². The van der Waals surface area contributed by atoms with Gasteiger partial charge in [0.15, 0.2) is 0 Å². The summed E-state index contributed by atoms with van der Waals surface area (Å²) in [5.41, 5.74) is 14.3. The fraction of sp³-hybridized carbons (Fsp3) is 0.625. The highest BCUT2D eigenvalue weighted by Crippen LogP contribution is 2.43. The van der Waals surface area contributed by atoms with Crippen LogP contribution in [0.25, 0.3) is 0 Å². The number of nitrogens with one attached hydrogen (secondary N) is 5. The molecule has 3 aliphatic heterocycles. The maximum Gasteiger partial charge on any atom is 0.426 e. The Hall–Kier alpha value is -6.41. The highest BCUT2D eigenvalue weighted by Gasteiger charge is 2.58. The van der Waals surface area contributed by atoms with Crippen LogP contribution in [0, 0.1) is 11.8 Å². The number of aliphatic hydroxyl groups excluding tert-OH is 1. The highest BCUT2D eigenvalue weighted by atomic mass is 79.9. The first kappa shape index (κ1) is 67.1. The second-order valence-corrected chi connectivity index (χ2v) is 21.9. The van der Waals surface area contributed by atoms with E-state index in [9.17, 15) is 48.3 Å². The van der Waals surface area contributed by atoms with Crippen molar-refractivity contribution >= 4 is 75.2 Å². The number of carbonyl (C=O) groups is 9. The largest absolute Gasteiger partial charge is 0.459 e. The number of esters is 1. The maximum absolute atomic E-state index is 14.5. The Bertz CT molecular complexity index is 2420. The lowest BCUT2D eigenvalue weighted by Crippen LogP contribution is -2.57. The van der Waals surface area contributed by atoms with Gasteiger partial charge in [-0.3, -0.25) is 43.5 Å². The molecule has 450 valence electrons. The molecular formula is C56H84BrN9O15. The molecule has 0 aliphatic carbocycles. The third-order valence-electron chi connectivity index (χ3n) is 14.1. The van der Waals surface area contributed by atoms with E-state index in [1.807, 2.05) is 26.0 Å². The molecule has 25 heteroatoms. The molecule has 0 bridgehead atoms. The van der Waals surface area contributed by atoms with Gasteiger partial charge < -0.3 is 61.5 Å². The summed E-state index contributed by atoms with van der Waals surface area (Å²) in [5.74, 6) is -3.47. The Kier molecular flexibility index (Phi) is 27.2. The quantitative estimate of drug-likeness (QED) is 0.0108. The number of unbranched alkanes of at least 4 members (excludes halogenated alkanes) is 2. The van der Waals surface area contributed by atoms with Crippen LogP contribution in [0.5, 0.6) is 0 Å². The van der Waals surface area contributed by atoms with Crippen LogP contribution in [-0.2, 0) is 63.9 Å². The van der Waals surface area contributed by atoms with Crippen molar-refractivity contribution in [2.45, 2.75) is 180 Å². The third kappa shape index (κ3) is 22.5. The fourth-order valence-corrected chi connectivity index (χ4v) is 9.69. The molecule has 4 rings (SSSR count). The zero-order chi connectivity index (χ0) is 60.0. The predicted octanol–water partition coefficient (Wildman–Crippen LogP) is 3.51. The van der Waals surface area contributed by atoms with E-state index in [0.717, 1.165) is 10.6 Å². The van der Waals surface area contributed by atoms with Crippen LogP contribution in [0.2, 0.25) is 0 Å². The van der Waals surface area contributed by atoms with E-state index in [1.54, 1.807) is 51.1 Å². The van der Waals surface area contributed by atoms with Gasteiger partial charge in [-0.15, -0.1) is 0 Å². The molecule has 3 heterocycles. The van der Waals surface area contributed by atoms with E-state index in [0.29, 0.717) is 50.8 Å². The van der Waals surface area contributed by atoms with E-state index in [4.69, 9.17) is 35.2 Å². The number of hydrogen-bond acceptors (Lipinski definition) is 15. The fourth-order valence-electron chi connectivity index (χ4n) is 9.49. The molecule has 1 aromatic carbocycles. The Balaban J connectivity index is 1.32. The normalized spacial score (nSPS) is 23.6. The minimum Gasteiger partial charge on any atom is -0.459 e. The molecule has 10 N–H and O–H groups in total. The van der Waals surface area contributed by atoms with Crippen LogP contribution in [-0.4, -0.2) is 156 Å². The van der Waals surface area contributed by atoms with Crippen LogP contribution in [0.3, 0.4) is 0 Å². The molecule has 3 aliphatic rings. The third-order valence-corrected chi connectivity index (χ3v) is 14.7. The minimum atomic E-state index is -1.20. The number of primary amides is 2. The average Bonchev–Trinajstić information content (AvgIpc) is 4.28. The number of ether oxygens (including phenoxy) is 5. The first-order valence-electron chi connectivity index (χ1n) is 27.5. The number of hydrogen-bond donors (Lipinski definition) is 8. The zero-order valence-corrected chi connectivity index (χ0v) is 49.3. The molecular weight excluding hydrogens is 1120 g/mol. The Labute approximate surface area is 482 Å². The number of hydrazine groups is 1. The van der Waals surface area contributed by atoms with E-state index in [1.165, 1.54) is 31.0 Å².